The summed E-state index contributed by atoms with van der Waals surface area (Å²) < 4.78 is 0. The van der Waals surface area contributed by atoms with Crippen LogP contribution in [-0.2, 0) is 0 Å². The minimum Gasteiger partial charge on any atom is -0.508 e. The quantitative estimate of drug-likeness (QED) is 0.538. The van der Waals surface area contributed by atoms with Crippen LogP contribution < -0.4 is 5.32 Å². The number of hydrogen-bond donors (Lipinski definition) is 2. The SMILES string of the molecule is CCCCCNc1ccc(O)cc1. The van der Waals surface area contributed by atoms with Crippen LogP contribution in [-0.4, -0.2) is 11.7 Å². The van der Waals surface area contributed by atoms with Crippen molar-refractivity contribution >= 4 is 5.69 Å². The van der Waals surface area contributed by atoms with E-state index in [4.69, 9.17) is 5.11 Å². The number of phenolic OH excluding ortho intramolecular Hbond substituents is 1. The number of unbranched alkanes of at least 4 members (excludes halogenated alkanes) is 2. The summed E-state index contributed by atoms with van der Waals surface area (Å²) in [5, 5.41) is 12.3. The molecule has 2 nitrogen and oxygen atoms in total. The molecule has 1 aromatic carbocycles. The fraction of sp³-hybridized carbons (Fsp3) is 0.455. The van der Waals surface area contributed by atoms with E-state index in [1.165, 1.54) is 19.3 Å². The molecule has 72 valence electrons. The van der Waals surface area contributed by atoms with E-state index in [0.717, 1.165) is 12.2 Å². The second-order valence-corrected chi connectivity index (χ2v) is 3.18. The van der Waals surface area contributed by atoms with Crippen LogP contribution in [0.1, 0.15) is 26.2 Å². The number of anilines is 1. The van der Waals surface area contributed by atoms with Gasteiger partial charge in [0.1, 0.15) is 5.75 Å². The lowest BCUT2D eigenvalue weighted by molar-refractivity contribution is 0.475. The van der Waals surface area contributed by atoms with Crippen molar-refractivity contribution in [3.63, 3.8) is 0 Å². The van der Waals surface area contributed by atoms with E-state index in [9.17, 15) is 0 Å². The Hall–Kier alpha value is -1.18. The second kappa shape index (κ2) is 5.46. The van der Waals surface area contributed by atoms with E-state index < -0.39 is 0 Å². The highest BCUT2D eigenvalue weighted by molar-refractivity contribution is 5.45. The molecule has 0 aliphatic heterocycles. The number of rotatable bonds is 5. The van der Waals surface area contributed by atoms with Crippen molar-refractivity contribution in [1.29, 1.82) is 0 Å². The maximum atomic E-state index is 9.04. The molecule has 0 heterocycles. The third-order valence-corrected chi connectivity index (χ3v) is 1.98. The molecule has 0 aliphatic rings. The molecule has 0 fully saturated rings. The Labute approximate surface area is 79.6 Å². The summed E-state index contributed by atoms with van der Waals surface area (Å²) in [4.78, 5) is 0. The van der Waals surface area contributed by atoms with Gasteiger partial charge in [0, 0.05) is 12.2 Å². The molecule has 2 heteroatoms. The molecular formula is C11H17NO. The van der Waals surface area contributed by atoms with Crippen LogP contribution >= 0.6 is 0 Å². The highest BCUT2D eigenvalue weighted by Crippen LogP contribution is 2.13. The summed E-state index contributed by atoms with van der Waals surface area (Å²) in [6.45, 7) is 3.21. The fourth-order valence-electron chi connectivity index (χ4n) is 1.19. The van der Waals surface area contributed by atoms with Gasteiger partial charge in [-0.1, -0.05) is 19.8 Å². The lowest BCUT2D eigenvalue weighted by Crippen LogP contribution is -2.00. The summed E-state index contributed by atoms with van der Waals surface area (Å²) in [5.74, 6) is 0.319. The van der Waals surface area contributed by atoms with Crippen LogP contribution in [0.5, 0.6) is 5.75 Å². The Morgan fingerprint density at radius 2 is 1.85 bits per heavy atom. The molecule has 0 aliphatic carbocycles. The standard InChI is InChI=1S/C11H17NO/c1-2-3-4-9-12-10-5-7-11(13)8-6-10/h5-8,12-13H,2-4,9H2,1H3. The van der Waals surface area contributed by atoms with Gasteiger partial charge in [-0.2, -0.15) is 0 Å². The molecule has 0 unspecified atom stereocenters. The van der Waals surface area contributed by atoms with Gasteiger partial charge in [0.25, 0.3) is 0 Å². The Balaban J connectivity index is 2.25. The monoisotopic (exact) mass is 179 g/mol. The van der Waals surface area contributed by atoms with Crippen LogP contribution in [0, 0.1) is 0 Å². The zero-order valence-corrected chi connectivity index (χ0v) is 8.09. The predicted octanol–water partition coefficient (Wildman–Crippen LogP) is 2.99. The van der Waals surface area contributed by atoms with E-state index >= 15 is 0 Å². The fourth-order valence-corrected chi connectivity index (χ4v) is 1.19. The van der Waals surface area contributed by atoms with Crippen LogP contribution in [0.15, 0.2) is 24.3 Å². The molecule has 0 atom stereocenters. The summed E-state index contributed by atoms with van der Waals surface area (Å²) in [6, 6.07) is 7.17. The highest BCUT2D eigenvalue weighted by atomic mass is 16.3. The van der Waals surface area contributed by atoms with Crippen LogP contribution in [0.4, 0.5) is 5.69 Å². The second-order valence-electron chi connectivity index (χ2n) is 3.18. The Morgan fingerprint density at radius 1 is 1.15 bits per heavy atom. The van der Waals surface area contributed by atoms with Gasteiger partial charge >= 0.3 is 0 Å². The average molecular weight is 179 g/mol. The van der Waals surface area contributed by atoms with Gasteiger partial charge < -0.3 is 10.4 Å². The Kier molecular flexibility index (Phi) is 4.16. The Bertz CT molecular complexity index is 230. The largest absolute Gasteiger partial charge is 0.508 e. The summed E-state index contributed by atoms with van der Waals surface area (Å²) >= 11 is 0. The number of nitrogens with one attached hydrogen (secondary N) is 1. The van der Waals surface area contributed by atoms with E-state index in [2.05, 4.69) is 12.2 Å². The maximum absolute atomic E-state index is 9.04. The summed E-state index contributed by atoms with van der Waals surface area (Å²) in [5.41, 5.74) is 1.08. The van der Waals surface area contributed by atoms with Crippen molar-refractivity contribution in [2.75, 3.05) is 11.9 Å². The summed E-state index contributed by atoms with van der Waals surface area (Å²) in [6.07, 6.45) is 3.72. The molecule has 0 radical (unpaired) electrons. The van der Waals surface area contributed by atoms with Gasteiger partial charge in [0.2, 0.25) is 0 Å². The zero-order valence-electron chi connectivity index (χ0n) is 8.09. The van der Waals surface area contributed by atoms with Crippen molar-refractivity contribution in [2.45, 2.75) is 26.2 Å². The van der Waals surface area contributed by atoms with E-state index in [0.29, 0.717) is 5.75 Å². The highest BCUT2D eigenvalue weighted by Gasteiger charge is 1.91. The number of phenols is 1. The molecule has 0 aromatic heterocycles. The maximum Gasteiger partial charge on any atom is 0.115 e. The first kappa shape index (κ1) is 9.90. The molecule has 2 N–H and O–H groups in total. The Morgan fingerprint density at radius 3 is 2.46 bits per heavy atom. The van der Waals surface area contributed by atoms with Crippen LogP contribution in [0.2, 0.25) is 0 Å². The lowest BCUT2D eigenvalue weighted by atomic mass is 10.2. The average Bonchev–Trinajstić information content (AvgIpc) is 2.15. The van der Waals surface area contributed by atoms with E-state index in [1.807, 2.05) is 12.1 Å². The van der Waals surface area contributed by atoms with Gasteiger partial charge in [-0.15, -0.1) is 0 Å². The van der Waals surface area contributed by atoms with Crippen LogP contribution in [0.3, 0.4) is 0 Å². The first-order valence-electron chi connectivity index (χ1n) is 4.86. The van der Waals surface area contributed by atoms with Crippen molar-refractivity contribution in [3.05, 3.63) is 24.3 Å². The van der Waals surface area contributed by atoms with Gasteiger partial charge in [-0.25, -0.2) is 0 Å². The number of hydrogen-bond acceptors (Lipinski definition) is 2. The third kappa shape index (κ3) is 3.83. The van der Waals surface area contributed by atoms with E-state index in [1.54, 1.807) is 12.1 Å². The zero-order chi connectivity index (χ0) is 9.52. The smallest absolute Gasteiger partial charge is 0.115 e. The third-order valence-electron chi connectivity index (χ3n) is 1.98. The first-order chi connectivity index (χ1) is 6.33. The lowest BCUT2D eigenvalue weighted by Gasteiger charge is -2.05. The minimum atomic E-state index is 0.319. The van der Waals surface area contributed by atoms with E-state index in [-0.39, 0.29) is 0 Å². The molecule has 13 heavy (non-hydrogen) atoms. The van der Waals surface area contributed by atoms with Gasteiger partial charge in [-0.05, 0) is 30.7 Å². The molecule has 1 aromatic rings. The first-order valence-corrected chi connectivity index (χ1v) is 4.86. The molecular weight excluding hydrogens is 162 g/mol. The van der Waals surface area contributed by atoms with Gasteiger partial charge in [0.15, 0.2) is 0 Å². The molecule has 1 rings (SSSR count). The topological polar surface area (TPSA) is 32.3 Å². The van der Waals surface area contributed by atoms with Gasteiger partial charge in [-0.3, -0.25) is 0 Å². The molecule has 0 saturated carbocycles. The number of aromatic hydroxyl groups is 1. The molecule has 0 bridgehead atoms. The summed E-state index contributed by atoms with van der Waals surface area (Å²) in [7, 11) is 0. The van der Waals surface area contributed by atoms with Crippen molar-refractivity contribution in [2.24, 2.45) is 0 Å². The molecule has 0 amide bonds. The van der Waals surface area contributed by atoms with Gasteiger partial charge in [0.05, 0.1) is 0 Å². The minimum absolute atomic E-state index is 0.319. The normalized spacial score (nSPS) is 9.92. The van der Waals surface area contributed by atoms with Crippen molar-refractivity contribution < 1.29 is 5.11 Å². The van der Waals surface area contributed by atoms with Crippen molar-refractivity contribution in [3.8, 4) is 5.75 Å². The molecule has 0 saturated heterocycles. The molecule has 0 spiro atoms. The predicted molar refractivity (Wildman–Crippen MR) is 56.1 cm³/mol. The number of benzene rings is 1. The van der Waals surface area contributed by atoms with Crippen molar-refractivity contribution in [1.82, 2.24) is 0 Å². The van der Waals surface area contributed by atoms with Crippen LogP contribution in [0.25, 0.3) is 0 Å².